The van der Waals surface area contributed by atoms with Crippen LogP contribution in [0.4, 0.5) is 0 Å². The standard InChI is InChI=1S/C16H26N2O4S/c1-5-13(2)18(23(4,20)21)11-10-16(19)17-12-14-8-6-7-9-15(14)22-3/h6-9,13H,5,10-12H2,1-4H3,(H,17,19). The molecule has 130 valence electrons. The molecule has 1 unspecified atom stereocenters. The molecule has 0 heterocycles. The lowest BCUT2D eigenvalue weighted by molar-refractivity contribution is -0.121. The largest absolute Gasteiger partial charge is 0.496 e. The Morgan fingerprint density at radius 3 is 2.57 bits per heavy atom. The monoisotopic (exact) mass is 342 g/mol. The summed E-state index contributed by atoms with van der Waals surface area (Å²) in [5.74, 6) is 0.526. The Kier molecular flexibility index (Phi) is 7.51. The maximum Gasteiger partial charge on any atom is 0.221 e. The lowest BCUT2D eigenvalue weighted by atomic mass is 10.2. The van der Waals surface area contributed by atoms with E-state index in [2.05, 4.69) is 5.32 Å². The van der Waals surface area contributed by atoms with Crippen LogP contribution >= 0.6 is 0 Å². The van der Waals surface area contributed by atoms with Crippen LogP contribution in [0.2, 0.25) is 0 Å². The third-order valence-electron chi connectivity index (χ3n) is 3.74. The summed E-state index contributed by atoms with van der Waals surface area (Å²) in [6, 6.07) is 7.32. The predicted molar refractivity (Wildman–Crippen MR) is 90.8 cm³/mol. The molecule has 1 atom stereocenters. The highest BCUT2D eigenvalue weighted by Crippen LogP contribution is 2.16. The average Bonchev–Trinajstić information content (AvgIpc) is 2.51. The molecule has 7 heteroatoms. The van der Waals surface area contributed by atoms with Crippen LogP contribution in [0.15, 0.2) is 24.3 Å². The number of sulfonamides is 1. The van der Waals surface area contributed by atoms with Crippen LogP contribution in [0.1, 0.15) is 32.3 Å². The molecule has 0 spiro atoms. The number of hydrogen-bond acceptors (Lipinski definition) is 4. The minimum atomic E-state index is -3.32. The summed E-state index contributed by atoms with van der Waals surface area (Å²) in [6.07, 6.45) is 2.01. The van der Waals surface area contributed by atoms with E-state index < -0.39 is 10.0 Å². The molecule has 1 N–H and O–H groups in total. The van der Waals surface area contributed by atoms with E-state index in [4.69, 9.17) is 4.74 Å². The molecule has 23 heavy (non-hydrogen) atoms. The summed E-state index contributed by atoms with van der Waals surface area (Å²) in [7, 11) is -1.74. The van der Waals surface area contributed by atoms with Gasteiger partial charge in [-0.2, -0.15) is 4.31 Å². The van der Waals surface area contributed by atoms with Gasteiger partial charge in [0.1, 0.15) is 5.75 Å². The van der Waals surface area contributed by atoms with Gasteiger partial charge in [0, 0.05) is 31.1 Å². The minimum absolute atomic E-state index is 0.119. The summed E-state index contributed by atoms with van der Waals surface area (Å²) in [6.45, 7) is 4.30. The number of carbonyl (C=O) groups is 1. The predicted octanol–water partition coefficient (Wildman–Crippen LogP) is 1.76. The quantitative estimate of drug-likeness (QED) is 0.742. The van der Waals surface area contributed by atoms with Gasteiger partial charge in [-0.3, -0.25) is 4.79 Å². The first kappa shape index (κ1) is 19.4. The van der Waals surface area contributed by atoms with Gasteiger partial charge in [-0.1, -0.05) is 25.1 Å². The third-order valence-corrected chi connectivity index (χ3v) is 5.13. The van der Waals surface area contributed by atoms with Gasteiger partial charge in [0.25, 0.3) is 0 Å². The zero-order chi connectivity index (χ0) is 17.5. The first-order valence-electron chi connectivity index (χ1n) is 7.65. The van der Waals surface area contributed by atoms with Crippen molar-refractivity contribution in [2.45, 2.75) is 39.3 Å². The van der Waals surface area contributed by atoms with Crippen LogP contribution in [0.3, 0.4) is 0 Å². The topological polar surface area (TPSA) is 75.7 Å². The fourth-order valence-electron chi connectivity index (χ4n) is 2.26. The second kappa shape index (κ2) is 8.88. The zero-order valence-electron chi connectivity index (χ0n) is 14.2. The van der Waals surface area contributed by atoms with Crippen LogP contribution in [0.25, 0.3) is 0 Å². The third kappa shape index (κ3) is 6.19. The van der Waals surface area contributed by atoms with Crippen LogP contribution in [-0.4, -0.2) is 44.6 Å². The average molecular weight is 342 g/mol. The summed E-state index contributed by atoms with van der Waals surface area (Å²) in [5, 5.41) is 2.80. The Hall–Kier alpha value is -1.60. The number of amides is 1. The Morgan fingerprint density at radius 1 is 1.35 bits per heavy atom. The van der Waals surface area contributed by atoms with Gasteiger partial charge < -0.3 is 10.1 Å². The van der Waals surface area contributed by atoms with E-state index >= 15 is 0 Å². The van der Waals surface area contributed by atoms with Crippen LogP contribution < -0.4 is 10.1 Å². The molecule has 6 nitrogen and oxygen atoms in total. The van der Waals surface area contributed by atoms with Gasteiger partial charge in [0.2, 0.25) is 15.9 Å². The van der Waals surface area contributed by atoms with Crippen molar-refractivity contribution in [3.8, 4) is 5.75 Å². The van der Waals surface area contributed by atoms with Crippen molar-refractivity contribution >= 4 is 15.9 Å². The SMILES string of the molecule is CCC(C)N(CCC(=O)NCc1ccccc1OC)S(C)(=O)=O. The number of carbonyl (C=O) groups excluding carboxylic acids is 1. The lowest BCUT2D eigenvalue weighted by Gasteiger charge is -2.25. The minimum Gasteiger partial charge on any atom is -0.496 e. The maximum atomic E-state index is 12.0. The van der Waals surface area contributed by atoms with E-state index in [1.54, 1.807) is 7.11 Å². The van der Waals surface area contributed by atoms with Gasteiger partial charge in [-0.05, 0) is 19.4 Å². The normalized spacial score (nSPS) is 12.9. The lowest BCUT2D eigenvalue weighted by Crippen LogP contribution is -2.40. The van der Waals surface area contributed by atoms with E-state index in [-0.39, 0.29) is 24.9 Å². The molecule has 0 aliphatic carbocycles. The molecule has 1 aromatic carbocycles. The Balaban J connectivity index is 2.56. The van der Waals surface area contributed by atoms with Crippen molar-refractivity contribution < 1.29 is 17.9 Å². The van der Waals surface area contributed by atoms with Gasteiger partial charge in [0.05, 0.1) is 13.4 Å². The van der Waals surface area contributed by atoms with Crippen LogP contribution in [0.5, 0.6) is 5.75 Å². The fourth-order valence-corrected chi connectivity index (χ4v) is 3.49. The molecule has 1 rings (SSSR count). The zero-order valence-corrected chi connectivity index (χ0v) is 15.0. The second-order valence-electron chi connectivity index (χ2n) is 5.47. The smallest absolute Gasteiger partial charge is 0.221 e. The van der Waals surface area contributed by atoms with Gasteiger partial charge in [-0.15, -0.1) is 0 Å². The second-order valence-corrected chi connectivity index (χ2v) is 7.40. The van der Waals surface area contributed by atoms with E-state index in [1.807, 2.05) is 38.1 Å². The van der Waals surface area contributed by atoms with Crippen molar-refractivity contribution in [2.75, 3.05) is 19.9 Å². The molecular weight excluding hydrogens is 316 g/mol. The van der Waals surface area contributed by atoms with Crippen molar-refractivity contribution in [1.82, 2.24) is 9.62 Å². The highest BCUT2D eigenvalue weighted by atomic mass is 32.2. The van der Waals surface area contributed by atoms with E-state index in [0.29, 0.717) is 18.7 Å². The summed E-state index contributed by atoms with van der Waals surface area (Å²) >= 11 is 0. The van der Waals surface area contributed by atoms with E-state index in [0.717, 1.165) is 5.56 Å². The molecule has 0 aromatic heterocycles. The number of rotatable bonds is 9. The first-order chi connectivity index (χ1) is 10.8. The van der Waals surface area contributed by atoms with Crippen LogP contribution in [-0.2, 0) is 21.4 Å². The van der Waals surface area contributed by atoms with Gasteiger partial charge in [-0.25, -0.2) is 8.42 Å². The molecule has 1 aromatic rings. The number of para-hydroxylation sites is 1. The maximum absolute atomic E-state index is 12.0. The number of ether oxygens (including phenoxy) is 1. The van der Waals surface area contributed by atoms with Gasteiger partial charge in [0.15, 0.2) is 0 Å². The highest BCUT2D eigenvalue weighted by molar-refractivity contribution is 7.88. The molecule has 0 radical (unpaired) electrons. The molecule has 0 saturated heterocycles. The van der Waals surface area contributed by atoms with Crippen LogP contribution in [0, 0.1) is 0 Å². The number of nitrogens with zero attached hydrogens (tertiary/aromatic N) is 1. The number of hydrogen-bond donors (Lipinski definition) is 1. The Labute approximate surface area is 138 Å². The number of nitrogens with one attached hydrogen (secondary N) is 1. The molecule has 0 aliphatic heterocycles. The van der Waals surface area contributed by atoms with Crippen molar-refractivity contribution in [2.24, 2.45) is 0 Å². The van der Waals surface area contributed by atoms with Crippen molar-refractivity contribution in [3.05, 3.63) is 29.8 Å². The molecule has 0 aliphatic rings. The molecule has 0 saturated carbocycles. The highest BCUT2D eigenvalue weighted by Gasteiger charge is 2.22. The molecule has 1 amide bonds. The van der Waals surface area contributed by atoms with E-state index in [1.165, 1.54) is 10.6 Å². The van der Waals surface area contributed by atoms with E-state index in [9.17, 15) is 13.2 Å². The summed E-state index contributed by atoms with van der Waals surface area (Å²) in [4.78, 5) is 12.0. The summed E-state index contributed by atoms with van der Waals surface area (Å²) in [5.41, 5.74) is 0.880. The Bertz CT molecular complexity index is 616. The number of methoxy groups -OCH3 is 1. The number of benzene rings is 1. The first-order valence-corrected chi connectivity index (χ1v) is 9.49. The van der Waals surface area contributed by atoms with Gasteiger partial charge >= 0.3 is 0 Å². The molecule has 0 fully saturated rings. The van der Waals surface area contributed by atoms with Crippen molar-refractivity contribution in [3.63, 3.8) is 0 Å². The molecule has 0 bridgehead atoms. The Morgan fingerprint density at radius 2 is 2.00 bits per heavy atom. The summed E-state index contributed by atoms with van der Waals surface area (Å²) < 4.78 is 30.2. The molecular formula is C16H26N2O4S. The van der Waals surface area contributed by atoms with Crippen molar-refractivity contribution in [1.29, 1.82) is 0 Å². The fraction of sp³-hybridized carbons (Fsp3) is 0.562.